The Morgan fingerprint density at radius 2 is 1.61 bits per heavy atom. The Hall–Kier alpha value is -4.46. The maximum Gasteiger partial charge on any atom is 0.407 e. The molecule has 1 aromatic heterocycles. The van der Waals surface area contributed by atoms with E-state index in [0.29, 0.717) is 12.2 Å². The fraction of sp³-hybridized carbons (Fsp3) is 0.267. The molecule has 1 aliphatic rings. The van der Waals surface area contributed by atoms with Crippen LogP contribution in [-0.4, -0.2) is 38.5 Å². The second kappa shape index (κ2) is 11.3. The van der Waals surface area contributed by atoms with Gasteiger partial charge in [0.2, 0.25) is 0 Å². The third kappa shape index (κ3) is 5.16. The Kier molecular flexibility index (Phi) is 7.49. The predicted molar refractivity (Wildman–Crippen MR) is 143 cm³/mol. The van der Waals surface area contributed by atoms with Gasteiger partial charge in [0.25, 0.3) is 0 Å². The van der Waals surface area contributed by atoms with E-state index in [0.717, 1.165) is 34.2 Å². The molecular formula is C30H30N4O4. The molecule has 38 heavy (non-hydrogen) atoms. The molecule has 8 nitrogen and oxygen atoms in total. The minimum absolute atomic E-state index is 0.0521. The first-order valence-corrected chi connectivity index (χ1v) is 12.8. The number of aliphatic carboxylic acids is 1. The number of rotatable bonds is 10. The first-order valence-electron chi connectivity index (χ1n) is 12.8. The molecule has 0 saturated carbocycles. The predicted octanol–water partition coefficient (Wildman–Crippen LogP) is 5.53. The number of hydrogen-bond acceptors (Lipinski definition) is 5. The molecule has 194 valence electrons. The Bertz CT molecular complexity index is 1370. The summed E-state index contributed by atoms with van der Waals surface area (Å²) in [5.41, 5.74) is 5.48. The number of carbonyl (C=O) groups excluding carboxylic acids is 1. The zero-order chi connectivity index (χ0) is 26.5. The van der Waals surface area contributed by atoms with Gasteiger partial charge in [0, 0.05) is 12.3 Å². The van der Waals surface area contributed by atoms with Crippen LogP contribution in [0.3, 0.4) is 0 Å². The Labute approximate surface area is 221 Å². The third-order valence-corrected chi connectivity index (χ3v) is 7.02. The highest BCUT2D eigenvalue weighted by atomic mass is 16.5. The SMILES string of the molecule is CCC[C@H](NC(=O)OCC1c2ccccc2-c2ccccc21)c1nncn1C(Cc1ccccc1)C(=O)O. The molecule has 2 N–H and O–H groups in total. The van der Waals surface area contributed by atoms with E-state index in [1.54, 1.807) is 4.57 Å². The van der Waals surface area contributed by atoms with E-state index in [9.17, 15) is 14.7 Å². The lowest BCUT2D eigenvalue weighted by Crippen LogP contribution is -2.33. The molecule has 3 aromatic carbocycles. The van der Waals surface area contributed by atoms with Crippen molar-refractivity contribution in [1.29, 1.82) is 0 Å². The maximum absolute atomic E-state index is 13.0. The molecule has 4 aromatic rings. The number of carboxylic acid groups (broad SMARTS) is 1. The fourth-order valence-electron chi connectivity index (χ4n) is 5.22. The lowest BCUT2D eigenvalue weighted by Gasteiger charge is -2.22. The molecule has 5 rings (SSSR count). The molecule has 8 heteroatoms. The summed E-state index contributed by atoms with van der Waals surface area (Å²) in [5, 5.41) is 21.1. The van der Waals surface area contributed by atoms with E-state index < -0.39 is 24.1 Å². The molecule has 1 heterocycles. The quantitative estimate of drug-likeness (QED) is 0.291. The van der Waals surface area contributed by atoms with Gasteiger partial charge in [-0.15, -0.1) is 10.2 Å². The zero-order valence-electron chi connectivity index (χ0n) is 21.2. The number of carboxylic acids is 1. The van der Waals surface area contributed by atoms with Crippen molar-refractivity contribution < 1.29 is 19.4 Å². The average Bonchev–Trinajstić information content (AvgIpc) is 3.54. The molecular weight excluding hydrogens is 480 g/mol. The number of amides is 1. The van der Waals surface area contributed by atoms with Gasteiger partial charge in [-0.3, -0.25) is 0 Å². The van der Waals surface area contributed by atoms with Crippen LogP contribution in [0, 0.1) is 0 Å². The summed E-state index contributed by atoms with van der Waals surface area (Å²) in [6, 6.07) is 24.3. The maximum atomic E-state index is 13.0. The van der Waals surface area contributed by atoms with Crippen molar-refractivity contribution in [3.8, 4) is 11.1 Å². The zero-order valence-corrected chi connectivity index (χ0v) is 21.2. The Morgan fingerprint density at radius 1 is 0.974 bits per heavy atom. The Morgan fingerprint density at radius 3 is 2.24 bits per heavy atom. The van der Waals surface area contributed by atoms with Crippen LogP contribution in [0.1, 0.15) is 60.3 Å². The highest BCUT2D eigenvalue weighted by molar-refractivity contribution is 5.79. The molecule has 1 amide bonds. The van der Waals surface area contributed by atoms with Crippen molar-refractivity contribution in [3.05, 3.63) is 108 Å². The number of alkyl carbamates (subject to hydrolysis) is 1. The normalized spacial score (nSPS) is 13.8. The Balaban J connectivity index is 1.31. The first-order chi connectivity index (χ1) is 18.6. The number of fused-ring (bicyclic) bond motifs is 3. The molecule has 1 aliphatic carbocycles. The third-order valence-electron chi connectivity index (χ3n) is 7.02. The summed E-state index contributed by atoms with van der Waals surface area (Å²) >= 11 is 0. The number of nitrogens with zero attached hydrogens (tertiary/aromatic N) is 3. The van der Waals surface area contributed by atoms with Crippen LogP contribution in [0.15, 0.2) is 85.2 Å². The van der Waals surface area contributed by atoms with Crippen molar-refractivity contribution in [2.45, 2.75) is 44.2 Å². The lowest BCUT2D eigenvalue weighted by molar-refractivity contribution is -0.141. The topological polar surface area (TPSA) is 106 Å². The van der Waals surface area contributed by atoms with Gasteiger partial charge in [-0.1, -0.05) is 92.2 Å². The summed E-state index contributed by atoms with van der Waals surface area (Å²) in [6.07, 6.45) is 2.41. The minimum Gasteiger partial charge on any atom is -0.480 e. The summed E-state index contributed by atoms with van der Waals surface area (Å²) in [6.45, 7) is 2.18. The van der Waals surface area contributed by atoms with Gasteiger partial charge in [0.05, 0.1) is 6.04 Å². The van der Waals surface area contributed by atoms with Crippen molar-refractivity contribution in [2.24, 2.45) is 0 Å². The molecule has 0 spiro atoms. The van der Waals surface area contributed by atoms with Crippen LogP contribution < -0.4 is 5.32 Å². The fourth-order valence-corrected chi connectivity index (χ4v) is 5.22. The van der Waals surface area contributed by atoms with Crippen LogP contribution in [0.5, 0.6) is 0 Å². The van der Waals surface area contributed by atoms with Gasteiger partial charge in [0.1, 0.15) is 19.0 Å². The number of ether oxygens (including phenoxy) is 1. The summed E-state index contributed by atoms with van der Waals surface area (Å²) in [4.78, 5) is 25.2. The van der Waals surface area contributed by atoms with Crippen molar-refractivity contribution in [1.82, 2.24) is 20.1 Å². The molecule has 0 saturated heterocycles. The molecule has 0 bridgehead atoms. The smallest absolute Gasteiger partial charge is 0.407 e. The molecule has 0 fully saturated rings. The highest BCUT2D eigenvalue weighted by Crippen LogP contribution is 2.44. The molecule has 0 radical (unpaired) electrons. The standard InChI is InChI=1S/C30H30N4O4/c1-2-10-26(28-33-31-19-34(28)27(29(35)36)17-20-11-4-3-5-12-20)32-30(37)38-18-25-23-15-8-6-13-21(23)22-14-7-9-16-24(22)25/h3-9,11-16,19,25-27H,2,10,17-18H2,1H3,(H,32,37)(H,35,36)/t26-,27?/m0/s1. The summed E-state index contributed by atoms with van der Waals surface area (Å²) in [5.74, 6) is -0.654. The average molecular weight is 511 g/mol. The van der Waals surface area contributed by atoms with Crippen LogP contribution in [0.2, 0.25) is 0 Å². The van der Waals surface area contributed by atoms with Gasteiger partial charge < -0.3 is 19.7 Å². The van der Waals surface area contributed by atoms with Crippen molar-refractivity contribution >= 4 is 12.1 Å². The number of aromatic nitrogens is 3. The van der Waals surface area contributed by atoms with Crippen LogP contribution in [0.4, 0.5) is 4.79 Å². The number of benzene rings is 3. The number of hydrogen-bond donors (Lipinski definition) is 2. The van der Waals surface area contributed by atoms with Crippen LogP contribution in [-0.2, 0) is 16.0 Å². The van der Waals surface area contributed by atoms with E-state index in [4.69, 9.17) is 4.74 Å². The van der Waals surface area contributed by atoms with E-state index >= 15 is 0 Å². The number of nitrogens with one attached hydrogen (secondary N) is 1. The van der Waals surface area contributed by atoms with Crippen molar-refractivity contribution in [3.63, 3.8) is 0 Å². The minimum atomic E-state index is -0.994. The second-order valence-corrected chi connectivity index (χ2v) is 9.45. The van der Waals surface area contributed by atoms with E-state index in [1.165, 1.54) is 6.33 Å². The molecule has 2 atom stereocenters. The summed E-state index contributed by atoms with van der Waals surface area (Å²) < 4.78 is 7.28. The first kappa shape index (κ1) is 25.2. The van der Waals surface area contributed by atoms with Crippen LogP contribution in [0.25, 0.3) is 11.1 Å². The van der Waals surface area contributed by atoms with Gasteiger partial charge in [-0.2, -0.15) is 0 Å². The lowest BCUT2D eigenvalue weighted by atomic mass is 9.98. The summed E-state index contributed by atoms with van der Waals surface area (Å²) in [7, 11) is 0. The molecule has 1 unspecified atom stereocenters. The monoisotopic (exact) mass is 510 g/mol. The van der Waals surface area contributed by atoms with Gasteiger partial charge in [0.15, 0.2) is 5.82 Å². The molecule has 0 aliphatic heterocycles. The van der Waals surface area contributed by atoms with E-state index in [-0.39, 0.29) is 18.9 Å². The van der Waals surface area contributed by atoms with E-state index in [1.807, 2.05) is 61.5 Å². The van der Waals surface area contributed by atoms with Crippen molar-refractivity contribution in [2.75, 3.05) is 6.61 Å². The van der Waals surface area contributed by atoms with Gasteiger partial charge >= 0.3 is 12.1 Å². The highest BCUT2D eigenvalue weighted by Gasteiger charge is 2.31. The largest absolute Gasteiger partial charge is 0.480 e. The number of carbonyl (C=O) groups is 2. The van der Waals surface area contributed by atoms with Gasteiger partial charge in [-0.25, -0.2) is 9.59 Å². The van der Waals surface area contributed by atoms with E-state index in [2.05, 4.69) is 39.8 Å². The second-order valence-electron chi connectivity index (χ2n) is 9.45. The van der Waals surface area contributed by atoms with Gasteiger partial charge in [-0.05, 0) is 34.2 Å². The van der Waals surface area contributed by atoms with Crippen LogP contribution >= 0.6 is 0 Å².